The van der Waals surface area contributed by atoms with Gasteiger partial charge in [-0.15, -0.1) is 0 Å². The highest BCUT2D eigenvalue weighted by molar-refractivity contribution is 6.29. The molecule has 0 aliphatic rings. The monoisotopic (exact) mass is 196 g/mol. The molecule has 1 rings (SSSR count). The van der Waals surface area contributed by atoms with Crippen LogP contribution in [-0.4, -0.2) is 6.61 Å². The van der Waals surface area contributed by atoms with Gasteiger partial charge in [-0.05, 0) is 37.1 Å². The minimum atomic E-state index is 0.365. The summed E-state index contributed by atoms with van der Waals surface area (Å²) >= 11 is 5.58. The van der Waals surface area contributed by atoms with E-state index in [1.54, 1.807) is 0 Å². The van der Waals surface area contributed by atoms with Gasteiger partial charge in [-0.25, -0.2) is 0 Å². The molecule has 1 nitrogen and oxygen atoms in total. The maximum Gasteiger partial charge on any atom is 0.123 e. The third-order valence-electron chi connectivity index (χ3n) is 1.87. The van der Waals surface area contributed by atoms with E-state index in [1.807, 2.05) is 18.2 Å². The van der Waals surface area contributed by atoms with E-state index in [1.165, 1.54) is 11.1 Å². The van der Waals surface area contributed by atoms with Gasteiger partial charge in [0.2, 0.25) is 0 Å². The first-order chi connectivity index (χ1) is 6.09. The molecule has 0 bridgehead atoms. The van der Waals surface area contributed by atoms with Crippen molar-refractivity contribution in [3.63, 3.8) is 0 Å². The molecule has 0 aromatic heterocycles. The van der Waals surface area contributed by atoms with E-state index in [0.717, 1.165) is 5.75 Å². The first kappa shape index (κ1) is 10.1. The van der Waals surface area contributed by atoms with Crippen LogP contribution in [-0.2, 0) is 0 Å². The lowest BCUT2D eigenvalue weighted by atomic mass is 10.1. The van der Waals surface area contributed by atoms with Crippen LogP contribution in [0.3, 0.4) is 0 Å². The minimum absolute atomic E-state index is 0.365. The second-order valence-electron chi connectivity index (χ2n) is 3.05. The molecule has 0 aliphatic carbocycles. The Bertz CT molecular complexity index is 318. The van der Waals surface area contributed by atoms with Crippen molar-refractivity contribution in [2.45, 2.75) is 13.8 Å². The fraction of sp³-hybridized carbons (Fsp3) is 0.273. The van der Waals surface area contributed by atoms with Crippen LogP contribution in [0.15, 0.2) is 29.8 Å². The first-order valence-electron chi connectivity index (χ1n) is 4.13. The SMILES string of the molecule is C=C(Cl)COc1ccc(C)c(C)c1. The zero-order valence-electron chi connectivity index (χ0n) is 7.93. The summed E-state index contributed by atoms with van der Waals surface area (Å²) in [5, 5.41) is 0.512. The minimum Gasteiger partial charge on any atom is -0.488 e. The van der Waals surface area contributed by atoms with E-state index in [4.69, 9.17) is 16.3 Å². The Hall–Kier alpha value is -0.950. The van der Waals surface area contributed by atoms with E-state index >= 15 is 0 Å². The average Bonchev–Trinajstić information content (AvgIpc) is 2.07. The molecular weight excluding hydrogens is 184 g/mol. The summed E-state index contributed by atoms with van der Waals surface area (Å²) < 4.78 is 5.37. The summed E-state index contributed by atoms with van der Waals surface area (Å²) in [4.78, 5) is 0. The van der Waals surface area contributed by atoms with E-state index < -0.39 is 0 Å². The fourth-order valence-corrected chi connectivity index (χ4v) is 1.02. The molecule has 0 aliphatic heterocycles. The Balaban J connectivity index is 2.68. The zero-order chi connectivity index (χ0) is 9.84. The molecule has 0 atom stereocenters. The average molecular weight is 197 g/mol. The summed E-state index contributed by atoms with van der Waals surface area (Å²) in [6.07, 6.45) is 0. The van der Waals surface area contributed by atoms with Crippen molar-refractivity contribution < 1.29 is 4.74 Å². The molecule has 2 heteroatoms. The molecule has 0 saturated heterocycles. The van der Waals surface area contributed by atoms with Crippen LogP contribution in [0.4, 0.5) is 0 Å². The lowest BCUT2D eigenvalue weighted by Gasteiger charge is -2.06. The van der Waals surface area contributed by atoms with Crippen molar-refractivity contribution in [2.75, 3.05) is 6.61 Å². The number of hydrogen-bond donors (Lipinski definition) is 0. The summed E-state index contributed by atoms with van der Waals surface area (Å²) in [5.41, 5.74) is 2.48. The number of ether oxygens (including phenoxy) is 1. The number of halogens is 1. The number of hydrogen-bond acceptors (Lipinski definition) is 1. The Kier molecular flexibility index (Phi) is 3.38. The van der Waals surface area contributed by atoms with Gasteiger partial charge in [-0.1, -0.05) is 24.2 Å². The quantitative estimate of drug-likeness (QED) is 0.720. The first-order valence-corrected chi connectivity index (χ1v) is 4.50. The summed E-state index contributed by atoms with van der Waals surface area (Å²) in [7, 11) is 0. The lowest BCUT2D eigenvalue weighted by molar-refractivity contribution is 0.359. The van der Waals surface area contributed by atoms with Crippen LogP contribution in [0.25, 0.3) is 0 Å². The third kappa shape index (κ3) is 3.11. The highest BCUT2D eigenvalue weighted by Crippen LogP contribution is 2.17. The zero-order valence-corrected chi connectivity index (χ0v) is 8.69. The van der Waals surface area contributed by atoms with Gasteiger partial charge >= 0.3 is 0 Å². The van der Waals surface area contributed by atoms with Crippen molar-refractivity contribution in [1.29, 1.82) is 0 Å². The van der Waals surface area contributed by atoms with Gasteiger partial charge in [0.15, 0.2) is 0 Å². The topological polar surface area (TPSA) is 9.23 Å². The molecule has 0 heterocycles. The van der Waals surface area contributed by atoms with Crippen LogP contribution in [0, 0.1) is 13.8 Å². The molecule has 0 N–H and O–H groups in total. The summed E-state index contributed by atoms with van der Waals surface area (Å²) in [5.74, 6) is 0.838. The highest BCUT2D eigenvalue weighted by atomic mass is 35.5. The second kappa shape index (κ2) is 4.33. The summed E-state index contributed by atoms with van der Waals surface area (Å²) in [6, 6.07) is 5.96. The van der Waals surface area contributed by atoms with E-state index in [-0.39, 0.29) is 0 Å². The van der Waals surface area contributed by atoms with Gasteiger partial charge in [0, 0.05) is 5.03 Å². The van der Waals surface area contributed by atoms with Gasteiger partial charge in [0.25, 0.3) is 0 Å². The molecule has 0 radical (unpaired) electrons. The van der Waals surface area contributed by atoms with Crippen LogP contribution in [0.1, 0.15) is 11.1 Å². The maximum atomic E-state index is 5.58. The third-order valence-corrected chi connectivity index (χ3v) is 1.98. The van der Waals surface area contributed by atoms with Crippen LogP contribution >= 0.6 is 11.6 Å². The predicted molar refractivity (Wildman–Crippen MR) is 56.4 cm³/mol. The van der Waals surface area contributed by atoms with Crippen molar-refractivity contribution >= 4 is 11.6 Å². The van der Waals surface area contributed by atoms with Crippen molar-refractivity contribution in [1.82, 2.24) is 0 Å². The molecule has 1 aromatic carbocycles. The predicted octanol–water partition coefficient (Wildman–Crippen LogP) is 3.43. The summed E-state index contributed by atoms with van der Waals surface area (Å²) in [6.45, 7) is 8.04. The Morgan fingerprint density at radius 1 is 1.38 bits per heavy atom. The Morgan fingerprint density at radius 3 is 2.62 bits per heavy atom. The van der Waals surface area contributed by atoms with Crippen molar-refractivity contribution in [2.24, 2.45) is 0 Å². The van der Waals surface area contributed by atoms with E-state index in [9.17, 15) is 0 Å². The smallest absolute Gasteiger partial charge is 0.123 e. The van der Waals surface area contributed by atoms with Gasteiger partial charge in [-0.3, -0.25) is 0 Å². The Morgan fingerprint density at radius 2 is 2.08 bits per heavy atom. The second-order valence-corrected chi connectivity index (χ2v) is 3.59. The largest absolute Gasteiger partial charge is 0.488 e. The molecule has 70 valence electrons. The number of aryl methyl sites for hydroxylation is 2. The van der Waals surface area contributed by atoms with Crippen LogP contribution in [0.2, 0.25) is 0 Å². The molecule has 13 heavy (non-hydrogen) atoms. The molecule has 0 unspecified atom stereocenters. The molecule has 0 fully saturated rings. The van der Waals surface area contributed by atoms with Gasteiger partial charge < -0.3 is 4.74 Å². The van der Waals surface area contributed by atoms with Gasteiger partial charge in [0.05, 0.1) is 0 Å². The van der Waals surface area contributed by atoms with Crippen molar-refractivity contribution in [3.8, 4) is 5.75 Å². The molecule has 1 aromatic rings. The number of rotatable bonds is 3. The van der Waals surface area contributed by atoms with E-state index in [2.05, 4.69) is 20.4 Å². The standard InChI is InChI=1S/C11H13ClO/c1-8-4-5-11(6-9(8)2)13-7-10(3)12/h4-6H,3,7H2,1-2H3. The van der Waals surface area contributed by atoms with Gasteiger partial charge in [-0.2, -0.15) is 0 Å². The molecule has 0 saturated carbocycles. The fourth-order valence-electron chi connectivity index (χ4n) is 0.965. The van der Waals surface area contributed by atoms with Crippen molar-refractivity contribution in [3.05, 3.63) is 40.9 Å². The Labute approximate surface area is 84.0 Å². The molecule has 0 spiro atoms. The molecule has 0 amide bonds. The number of benzene rings is 1. The molecular formula is C11H13ClO. The van der Waals surface area contributed by atoms with Crippen LogP contribution in [0.5, 0.6) is 5.75 Å². The maximum absolute atomic E-state index is 5.58. The lowest BCUT2D eigenvalue weighted by Crippen LogP contribution is -1.96. The van der Waals surface area contributed by atoms with E-state index in [0.29, 0.717) is 11.6 Å². The van der Waals surface area contributed by atoms with Crippen LogP contribution < -0.4 is 4.74 Å². The van der Waals surface area contributed by atoms with Gasteiger partial charge in [0.1, 0.15) is 12.4 Å². The normalized spacial score (nSPS) is 9.77. The highest BCUT2D eigenvalue weighted by Gasteiger charge is 1.97.